The summed E-state index contributed by atoms with van der Waals surface area (Å²) >= 11 is 13.9. The quantitative estimate of drug-likeness (QED) is 0.662. The van der Waals surface area contributed by atoms with E-state index in [0.29, 0.717) is 34.4 Å². The Kier molecular flexibility index (Phi) is 6.52. The maximum Gasteiger partial charge on any atom is 0.338 e. The number of esters is 1. The summed E-state index contributed by atoms with van der Waals surface area (Å²) in [5.74, 6) is 0.433. The molecule has 1 N–H and O–H groups in total. The van der Waals surface area contributed by atoms with Crippen molar-refractivity contribution >= 4 is 52.7 Å². The molecule has 1 aliphatic rings. The van der Waals surface area contributed by atoms with Crippen LogP contribution in [0.4, 0.5) is 10.5 Å². The maximum absolute atomic E-state index is 12.7. The second-order valence-electron chi connectivity index (χ2n) is 5.81. The number of nitrogens with zero attached hydrogens (tertiary/aromatic N) is 1. The van der Waals surface area contributed by atoms with Crippen LogP contribution < -0.4 is 5.32 Å². The van der Waals surface area contributed by atoms with Gasteiger partial charge < -0.3 is 15.0 Å². The Labute approximate surface area is 172 Å². The molecule has 0 aromatic heterocycles. The molecule has 1 unspecified atom stereocenters. The molecule has 27 heavy (non-hydrogen) atoms. The fourth-order valence-electron chi connectivity index (χ4n) is 2.74. The predicted molar refractivity (Wildman–Crippen MR) is 110 cm³/mol. The number of ether oxygens (including phenoxy) is 1. The highest BCUT2D eigenvalue weighted by Gasteiger charge is 2.32. The summed E-state index contributed by atoms with van der Waals surface area (Å²) in [7, 11) is 0. The number of benzene rings is 2. The van der Waals surface area contributed by atoms with E-state index < -0.39 is 0 Å². The van der Waals surface area contributed by atoms with Crippen LogP contribution >= 0.6 is 35.0 Å². The van der Waals surface area contributed by atoms with Crippen molar-refractivity contribution in [1.82, 2.24) is 4.90 Å². The number of nitrogens with one attached hydrogen (secondary N) is 1. The lowest BCUT2D eigenvalue weighted by molar-refractivity contribution is 0.0526. The minimum atomic E-state index is -0.385. The van der Waals surface area contributed by atoms with Crippen LogP contribution in [0.3, 0.4) is 0 Å². The zero-order valence-corrected chi connectivity index (χ0v) is 16.9. The highest BCUT2D eigenvalue weighted by Crippen LogP contribution is 2.41. The van der Waals surface area contributed by atoms with Crippen molar-refractivity contribution in [2.45, 2.75) is 12.3 Å². The van der Waals surface area contributed by atoms with Gasteiger partial charge in [0.1, 0.15) is 5.37 Å². The molecule has 1 saturated heterocycles. The first-order valence-electron chi connectivity index (χ1n) is 8.41. The number of carbonyl (C=O) groups is 2. The van der Waals surface area contributed by atoms with Gasteiger partial charge in [0.05, 0.1) is 12.2 Å². The van der Waals surface area contributed by atoms with Gasteiger partial charge in [-0.1, -0.05) is 29.3 Å². The van der Waals surface area contributed by atoms with Gasteiger partial charge in [-0.2, -0.15) is 0 Å². The number of halogens is 2. The molecule has 142 valence electrons. The monoisotopic (exact) mass is 424 g/mol. The Morgan fingerprint density at radius 2 is 1.96 bits per heavy atom. The summed E-state index contributed by atoms with van der Waals surface area (Å²) in [4.78, 5) is 26.2. The van der Waals surface area contributed by atoms with Crippen LogP contribution in [0.2, 0.25) is 10.0 Å². The standard InChI is InChI=1S/C19H18Cl2N2O3S/c1-2-26-18(24)12-3-6-14(7-4-12)22-19(25)23-9-10-27-17(23)15-8-5-13(20)11-16(15)21/h3-8,11,17H,2,9-10H2,1H3,(H,22,25). The van der Waals surface area contributed by atoms with Gasteiger partial charge >= 0.3 is 12.0 Å². The summed E-state index contributed by atoms with van der Waals surface area (Å²) in [5, 5.41) is 3.79. The first kappa shape index (κ1) is 19.9. The molecule has 0 radical (unpaired) electrons. The molecule has 8 heteroatoms. The molecule has 1 atom stereocenters. The van der Waals surface area contributed by atoms with Gasteiger partial charge in [-0.25, -0.2) is 9.59 Å². The lowest BCUT2D eigenvalue weighted by Gasteiger charge is -2.25. The van der Waals surface area contributed by atoms with Crippen LogP contribution in [0, 0.1) is 0 Å². The molecule has 2 amide bonds. The van der Waals surface area contributed by atoms with E-state index in [1.807, 2.05) is 6.07 Å². The second kappa shape index (κ2) is 8.87. The topological polar surface area (TPSA) is 58.6 Å². The summed E-state index contributed by atoms with van der Waals surface area (Å²) < 4.78 is 4.95. The largest absolute Gasteiger partial charge is 0.462 e. The Morgan fingerprint density at radius 1 is 1.22 bits per heavy atom. The number of urea groups is 1. The third-order valence-corrected chi connectivity index (χ3v) is 5.83. The summed E-state index contributed by atoms with van der Waals surface area (Å²) in [6.07, 6.45) is 0. The van der Waals surface area contributed by atoms with E-state index in [4.69, 9.17) is 27.9 Å². The molecule has 0 bridgehead atoms. The van der Waals surface area contributed by atoms with Crippen molar-refractivity contribution in [2.24, 2.45) is 0 Å². The number of hydrogen-bond donors (Lipinski definition) is 1. The van der Waals surface area contributed by atoms with Crippen LogP contribution in [0.1, 0.15) is 28.2 Å². The number of amides is 2. The van der Waals surface area contributed by atoms with Crippen LogP contribution in [-0.4, -0.2) is 35.8 Å². The smallest absolute Gasteiger partial charge is 0.338 e. The van der Waals surface area contributed by atoms with Crippen molar-refractivity contribution in [1.29, 1.82) is 0 Å². The van der Waals surface area contributed by atoms with Gasteiger partial charge in [0, 0.05) is 33.6 Å². The fourth-order valence-corrected chi connectivity index (χ4v) is 4.60. The molecule has 1 fully saturated rings. The van der Waals surface area contributed by atoms with Crippen LogP contribution in [-0.2, 0) is 4.74 Å². The summed E-state index contributed by atoms with van der Waals surface area (Å²) in [6.45, 7) is 2.68. The maximum atomic E-state index is 12.7. The Balaban J connectivity index is 1.70. The molecule has 1 aliphatic heterocycles. The molecule has 0 spiro atoms. The number of carbonyl (C=O) groups excluding carboxylic acids is 2. The lowest BCUT2D eigenvalue weighted by Crippen LogP contribution is -2.34. The van der Waals surface area contributed by atoms with Crippen LogP contribution in [0.25, 0.3) is 0 Å². The number of thioether (sulfide) groups is 1. The molecule has 0 aliphatic carbocycles. The Morgan fingerprint density at radius 3 is 2.63 bits per heavy atom. The molecule has 5 nitrogen and oxygen atoms in total. The normalized spacial score (nSPS) is 16.3. The predicted octanol–water partition coefficient (Wildman–Crippen LogP) is 5.45. The average Bonchev–Trinajstić information content (AvgIpc) is 3.12. The lowest BCUT2D eigenvalue weighted by atomic mass is 10.2. The van der Waals surface area contributed by atoms with E-state index in [2.05, 4.69) is 5.32 Å². The fraction of sp³-hybridized carbons (Fsp3) is 0.263. The van der Waals surface area contributed by atoms with E-state index in [1.165, 1.54) is 0 Å². The van der Waals surface area contributed by atoms with Gasteiger partial charge in [-0.15, -0.1) is 11.8 Å². The second-order valence-corrected chi connectivity index (χ2v) is 7.84. The summed E-state index contributed by atoms with van der Waals surface area (Å²) in [6, 6.07) is 11.7. The Bertz CT molecular complexity index is 845. The first-order chi connectivity index (χ1) is 13.0. The van der Waals surface area contributed by atoms with Crippen molar-refractivity contribution < 1.29 is 14.3 Å². The summed E-state index contributed by atoms with van der Waals surface area (Å²) in [5.41, 5.74) is 1.90. The minimum absolute atomic E-state index is 0.173. The molecule has 2 aromatic rings. The minimum Gasteiger partial charge on any atom is -0.462 e. The van der Waals surface area contributed by atoms with E-state index in [9.17, 15) is 9.59 Å². The molecule has 3 rings (SSSR count). The number of rotatable bonds is 4. The van der Waals surface area contributed by atoms with E-state index in [-0.39, 0.29) is 17.4 Å². The molecule has 0 saturated carbocycles. The number of hydrogen-bond acceptors (Lipinski definition) is 4. The third kappa shape index (κ3) is 4.69. The SMILES string of the molecule is CCOC(=O)c1ccc(NC(=O)N2CCSC2c2ccc(Cl)cc2Cl)cc1. The Hall–Kier alpha value is -1.89. The van der Waals surface area contributed by atoms with Crippen LogP contribution in [0.15, 0.2) is 42.5 Å². The number of anilines is 1. The van der Waals surface area contributed by atoms with Crippen molar-refractivity contribution in [3.8, 4) is 0 Å². The van der Waals surface area contributed by atoms with E-state index in [0.717, 1.165) is 11.3 Å². The van der Waals surface area contributed by atoms with Crippen molar-refractivity contribution in [3.05, 3.63) is 63.6 Å². The van der Waals surface area contributed by atoms with E-state index in [1.54, 1.807) is 60.0 Å². The molecular formula is C19H18Cl2N2O3S. The van der Waals surface area contributed by atoms with Gasteiger partial charge in [0.25, 0.3) is 0 Å². The zero-order chi connectivity index (χ0) is 19.4. The third-order valence-electron chi connectivity index (χ3n) is 4.03. The van der Waals surface area contributed by atoms with Gasteiger partial charge in [-0.3, -0.25) is 0 Å². The first-order valence-corrected chi connectivity index (χ1v) is 10.2. The molecular weight excluding hydrogens is 407 g/mol. The van der Waals surface area contributed by atoms with Crippen molar-refractivity contribution in [3.63, 3.8) is 0 Å². The van der Waals surface area contributed by atoms with Gasteiger partial charge in [0.15, 0.2) is 0 Å². The van der Waals surface area contributed by atoms with Crippen LogP contribution in [0.5, 0.6) is 0 Å². The average molecular weight is 425 g/mol. The molecule has 1 heterocycles. The zero-order valence-electron chi connectivity index (χ0n) is 14.6. The molecule has 2 aromatic carbocycles. The highest BCUT2D eigenvalue weighted by molar-refractivity contribution is 7.99. The van der Waals surface area contributed by atoms with E-state index >= 15 is 0 Å². The van der Waals surface area contributed by atoms with Gasteiger partial charge in [-0.05, 0) is 43.3 Å². The van der Waals surface area contributed by atoms with Gasteiger partial charge in [0.2, 0.25) is 0 Å². The van der Waals surface area contributed by atoms with Crippen molar-refractivity contribution in [2.75, 3.05) is 24.2 Å². The highest BCUT2D eigenvalue weighted by atomic mass is 35.5.